The van der Waals surface area contributed by atoms with Gasteiger partial charge in [0.15, 0.2) is 0 Å². The normalized spacial score (nSPS) is 12.9. The Kier molecular flexibility index (Phi) is 2.46. The number of nitrogens with one attached hydrogen (secondary N) is 1. The van der Waals surface area contributed by atoms with Gasteiger partial charge in [-0.05, 0) is 11.6 Å². The van der Waals surface area contributed by atoms with Crippen LogP contribution in [0, 0.1) is 12.3 Å². The van der Waals surface area contributed by atoms with Crippen molar-refractivity contribution in [3.05, 3.63) is 42.4 Å². The predicted octanol–water partition coefficient (Wildman–Crippen LogP) is 2.44. The second-order valence-corrected chi connectivity index (χ2v) is 3.58. The zero-order chi connectivity index (χ0) is 10.8. The quantitative estimate of drug-likeness (QED) is 0.803. The Labute approximate surface area is 87.7 Å². The van der Waals surface area contributed by atoms with Gasteiger partial charge in [0.2, 0.25) is 0 Å². The van der Waals surface area contributed by atoms with Crippen LogP contribution in [0.3, 0.4) is 0 Å². The second-order valence-electron chi connectivity index (χ2n) is 3.58. The highest BCUT2D eigenvalue weighted by Gasteiger charge is 2.14. The van der Waals surface area contributed by atoms with Crippen LogP contribution in [-0.2, 0) is 4.79 Å². The molecule has 3 nitrogen and oxygen atoms in total. The largest absolute Gasteiger partial charge is 0.481 e. The van der Waals surface area contributed by atoms with E-state index in [2.05, 4.69) is 4.98 Å². The van der Waals surface area contributed by atoms with Gasteiger partial charge in [-0.3, -0.25) is 4.79 Å². The monoisotopic (exact) mass is 202 g/mol. The number of carboxylic acids is 1. The number of H-pyrrole nitrogens is 1. The summed E-state index contributed by atoms with van der Waals surface area (Å²) >= 11 is 0. The predicted molar refractivity (Wildman–Crippen MR) is 58.5 cm³/mol. The Hall–Kier alpha value is -1.77. The van der Waals surface area contributed by atoms with E-state index < -0.39 is 11.9 Å². The van der Waals surface area contributed by atoms with Crippen LogP contribution >= 0.6 is 0 Å². The first-order valence-corrected chi connectivity index (χ1v) is 4.82. The third-order valence-corrected chi connectivity index (χ3v) is 2.44. The molecule has 3 heteroatoms. The van der Waals surface area contributed by atoms with Crippen molar-refractivity contribution >= 4 is 16.9 Å². The number of rotatable bonds is 3. The van der Waals surface area contributed by atoms with E-state index in [1.165, 1.54) is 0 Å². The molecule has 1 atom stereocenters. The number of aromatic amines is 1. The average Bonchev–Trinajstić information content (AvgIpc) is 2.62. The molecule has 1 radical (unpaired) electrons. The lowest BCUT2D eigenvalue weighted by Gasteiger charge is -2.03. The van der Waals surface area contributed by atoms with Gasteiger partial charge in [0.25, 0.3) is 0 Å². The first-order valence-electron chi connectivity index (χ1n) is 4.82. The molecule has 1 unspecified atom stereocenters. The first kappa shape index (κ1) is 9.77. The zero-order valence-corrected chi connectivity index (χ0v) is 8.40. The van der Waals surface area contributed by atoms with E-state index in [0.717, 1.165) is 16.5 Å². The molecule has 77 valence electrons. The van der Waals surface area contributed by atoms with Crippen LogP contribution in [0.2, 0.25) is 0 Å². The van der Waals surface area contributed by atoms with Gasteiger partial charge in [0, 0.05) is 23.5 Å². The molecule has 1 heterocycles. The van der Waals surface area contributed by atoms with E-state index in [4.69, 9.17) is 5.11 Å². The molecule has 2 aromatic rings. The smallest absolute Gasteiger partial charge is 0.306 e. The molecular weight excluding hydrogens is 190 g/mol. The number of aromatic nitrogens is 1. The van der Waals surface area contributed by atoms with Crippen LogP contribution in [0.15, 0.2) is 30.5 Å². The van der Waals surface area contributed by atoms with Crippen LogP contribution in [0.4, 0.5) is 0 Å². The lowest BCUT2D eigenvalue weighted by Crippen LogP contribution is -2.10. The van der Waals surface area contributed by atoms with E-state index in [1.54, 1.807) is 13.3 Å². The summed E-state index contributed by atoms with van der Waals surface area (Å²) in [5.74, 6) is -1.27. The van der Waals surface area contributed by atoms with Gasteiger partial charge in [-0.1, -0.05) is 25.1 Å². The van der Waals surface area contributed by atoms with E-state index in [-0.39, 0.29) is 0 Å². The number of hydrogen-bond donors (Lipinski definition) is 2. The number of benzene rings is 1. The minimum atomic E-state index is -0.805. The van der Waals surface area contributed by atoms with Gasteiger partial charge in [-0.15, -0.1) is 0 Å². The summed E-state index contributed by atoms with van der Waals surface area (Å²) in [6, 6.07) is 7.84. The Bertz CT molecular complexity index is 487. The summed E-state index contributed by atoms with van der Waals surface area (Å²) in [6.45, 7) is 1.67. The van der Waals surface area contributed by atoms with Crippen LogP contribution in [0.5, 0.6) is 0 Å². The Morgan fingerprint density at radius 1 is 1.47 bits per heavy atom. The molecule has 0 bridgehead atoms. The molecule has 2 rings (SSSR count). The number of fused-ring (bicyclic) bond motifs is 1. The van der Waals surface area contributed by atoms with Crippen molar-refractivity contribution < 1.29 is 9.90 Å². The molecule has 1 aromatic heterocycles. The van der Waals surface area contributed by atoms with E-state index in [0.29, 0.717) is 0 Å². The maximum Gasteiger partial charge on any atom is 0.306 e. The summed E-state index contributed by atoms with van der Waals surface area (Å²) in [4.78, 5) is 13.8. The zero-order valence-electron chi connectivity index (χ0n) is 8.40. The minimum Gasteiger partial charge on any atom is -0.481 e. The molecule has 0 spiro atoms. The van der Waals surface area contributed by atoms with Crippen molar-refractivity contribution in [2.24, 2.45) is 5.92 Å². The van der Waals surface area contributed by atoms with Crippen molar-refractivity contribution in [3.63, 3.8) is 0 Å². The molecule has 0 aliphatic rings. The SMILES string of the molecule is CC([CH]c1c[nH]c2ccccc12)C(=O)O. The number of aliphatic carboxylic acids is 1. The van der Waals surface area contributed by atoms with Gasteiger partial charge < -0.3 is 10.1 Å². The van der Waals surface area contributed by atoms with Gasteiger partial charge in [-0.25, -0.2) is 0 Å². The summed E-state index contributed by atoms with van der Waals surface area (Å²) in [5.41, 5.74) is 1.97. The summed E-state index contributed by atoms with van der Waals surface area (Å²) in [7, 11) is 0. The highest BCUT2D eigenvalue weighted by Crippen LogP contribution is 2.21. The third kappa shape index (κ3) is 1.86. The maximum absolute atomic E-state index is 10.7. The van der Waals surface area contributed by atoms with Crippen molar-refractivity contribution in [1.29, 1.82) is 0 Å². The highest BCUT2D eigenvalue weighted by molar-refractivity contribution is 5.85. The fraction of sp³-hybridized carbons (Fsp3) is 0.167. The van der Waals surface area contributed by atoms with Crippen molar-refractivity contribution in [1.82, 2.24) is 4.98 Å². The lowest BCUT2D eigenvalue weighted by molar-refractivity contribution is -0.139. The standard InChI is InChI=1S/C12H12NO2/c1-8(12(14)15)6-9-7-13-11-5-3-2-4-10(9)11/h2-8,13H,1H3,(H,14,15). The number of carbonyl (C=O) groups is 1. The molecule has 0 saturated heterocycles. The fourth-order valence-corrected chi connectivity index (χ4v) is 1.57. The second kappa shape index (κ2) is 3.77. The van der Waals surface area contributed by atoms with Gasteiger partial charge in [0.05, 0.1) is 5.92 Å². The third-order valence-electron chi connectivity index (χ3n) is 2.44. The topological polar surface area (TPSA) is 53.1 Å². The average molecular weight is 202 g/mol. The van der Waals surface area contributed by atoms with Gasteiger partial charge in [-0.2, -0.15) is 0 Å². The van der Waals surface area contributed by atoms with Crippen LogP contribution < -0.4 is 0 Å². The molecule has 0 aliphatic carbocycles. The number of hydrogen-bond acceptors (Lipinski definition) is 1. The van der Waals surface area contributed by atoms with Crippen LogP contribution in [0.1, 0.15) is 12.5 Å². The Balaban J connectivity index is 2.32. The Morgan fingerprint density at radius 3 is 2.93 bits per heavy atom. The van der Waals surface area contributed by atoms with Crippen molar-refractivity contribution in [2.45, 2.75) is 6.92 Å². The molecular formula is C12H12NO2. The molecule has 0 saturated carbocycles. The number of carboxylic acid groups (broad SMARTS) is 1. The number of para-hydroxylation sites is 1. The van der Waals surface area contributed by atoms with E-state index in [9.17, 15) is 4.79 Å². The highest BCUT2D eigenvalue weighted by atomic mass is 16.4. The molecule has 15 heavy (non-hydrogen) atoms. The van der Waals surface area contributed by atoms with Gasteiger partial charge >= 0.3 is 5.97 Å². The first-order chi connectivity index (χ1) is 7.18. The summed E-state index contributed by atoms with van der Waals surface area (Å²) < 4.78 is 0. The van der Waals surface area contributed by atoms with Gasteiger partial charge in [0.1, 0.15) is 0 Å². The van der Waals surface area contributed by atoms with Crippen molar-refractivity contribution in [2.75, 3.05) is 0 Å². The van der Waals surface area contributed by atoms with Crippen LogP contribution in [-0.4, -0.2) is 16.1 Å². The van der Waals surface area contributed by atoms with Crippen molar-refractivity contribution in [3.8, 4) is 0 Å². The molecule has 2 N–H and O–H groups in total. The Morgan fingerprint density at radius 2 is 2.20 bits per heavy atom. The minimum absolute atomic E-state index is 0.468. The fourth-order valence-electron chi connectivity index (χ4n) is 1.57. The van der Waals surface area contributed by atoms with Crippen LogP contribution in [0.25, 0.3) is 10.9 Å². The van der Waals surface area contributed by atoms with E-state index >= 15 is 0 Å². The summed E-state index contributed by atoms with van der Waals surface area (Å²) in [5, 5.41) is 9.87. The van der Waals surface area contributed by atoms with E-state index in [1.807, 2.05) is 30.5 Å². The lowest BCUT2D eigenvalue weighted by atomic mass is 10.0. The molecule has 1 aromatic carbocycles. The molecule has 0 amide bonds. The molecule has 0 aliphatic heterocycles. The maximum atomic E-state index is 10.7. The molecule has 0 fully saturated rings. The summed E-state index contributed by atoms with van der Waals surface area (Å²) in [6.07, 6.45) is 3.59.